The van der Waals surface area contributed by atoms with E-state index in [-0.39, 0.29) is 12.9 Å². The average molecular weight is 418 g/mol. The largest absolute Gasteiger partial charge is 0.496 e. The number of nitrogens with zero attached hydrogens (tertiary/aromatic N) is 4. The van der Waals surface area contributed by atoms with Gasteiger partial charge in [-0.3, -0.25) is 4.68 Å². The first-order valence-electron chi connectivity index (χ1n) is 9.84. The zero-order chi connectivity index (χ0) is 20.8. The Morgan fingerprint density at radius 1 is 1.06 bits per heavy atom. The summed E-state index contributed by atoms with van der Waals surface area (Å²) in [4.78, 5) is 4.51. The van der Waals surface area contributed by atoms with Gasteiger partial charge in [-0.25, -0.2) is 0 Å². The molecule has 6 rings (SSSR count). The molecule has 1 unspecified atom stereocenters. The van der Waals surface area contributed by atoms with Crippen molar-refractivity contribution in [3.63, 3.8) is 0 Å². The number of para-hydroxylation sites is 1. The summed E-state index contributed by atoms with van der Waals surface area (Å²) in [5, 5.41) is 8.77. The fraction of sp³-hybridized carbons (Fsp3) is 0.227. The lowest BCUT2D eigenvalue weighted by molar-refractivity contribution is -0.00122. The highest BCUT2D eigenvalue weighted by atomic mass is 16.7. The summed E-state index contributed by atoms with van der Waals surface area (Å²) in [7, 11) is 1.61. The predicted molar refractivity (Wildman–Crippen MR) is 108 cm³/mol. The Morgan fingerprint density at radius 2 is 1.97 bits per heavy atom. The average Bonchev–Trinajstić information content (AvgIpc) is 3.56. The molecule has 0 aliphatic carbocycles. The second-order valence-electron chi connectivity index (χ2n) is 7.24. The standard InChI is InChI=1S/C22H18N4O5/c1-27-17-5-3-2-4-15(17)21-23-22(31-25-21)16-9-14-11-28-20(10-26(14)24-16)13-6-7-18-19(8-13)30-12-29-18/h2-9,20H,10-12H2,1H3. The van der Waals surface area contributed by atoms with Crippen LogP contribution in [0.5, 0.6) is 17.2 Å². The van der Waals surface area contributed by atoms with Crippen molar-refractivity contribution in [2.24, 2.45) is 0 Å². The number of hydrogen-bond acceptors (Lipinski definition) is 8. The summed E-state index contributed by atoms with van der Waals surface area (Å²) in [6.07, 6.45) is -0.137. The summed E-state index contributed by atoms with van der Waals surface area (Å²) >= 11 is 0. The molecule has 0 saturated heterocycles. The lowest BCUT2D eigenvalue weighted by Gasteiger charge is -2.24. The van der Waals surface area contributed by atoms with Crippen LogP contribution in [-0.4, -0.2) is 33.8 Å². The highest BCUT2D eigenvalue weighted by Gasteiger charge is 2.26. The van der Waals surface area contributed by atoms with Gasteiger partial charge in [0.25, 0.3) is 5.89 Å². The highest BCUT2D eigenvalue weighted by molar-refractivity contribution is 5.65. The van der Waals surface area contributed by atoms with Gasteiger partial charge in [0, 0.05) is 0 Å². The Morgan fingerprint density at radius 3 is 2.90 bits per heavy atom. The molecule has 31 heavy (non-hydrogen) atoms. The van der Waals surface area contributed by atoms with Crippen molar-refractivity contribution in [3.8, 4) is 40.2 Å². The van der Waals surface area contributed by atoms with Crippen LogP contribution in [0.4, 0.5) is 0 Å². The molecule has 4 aromatic rings. The fourth-order valence-electron chi connectivity index (χ4n) is 3.81. The Kier molecular flexibility index (Phi) is 4.13. The van der Waals surface area contributed by atoms with Crippen molar-refractivity contribution in [1.82, 2.24) is 19.9 Å². The second kappa shape index (κ2) is 7.13. The summed E-state index contributed by atoms with van der Waals surface area (Å²) in [5.74, 6) is 2.97. The molecule has 0 fully saturated rings. The third-order valence-corrected chi connectivity index (χ3v) is 5.40. The van der Waals surface area contributed by atoms with Crippen molar-refractivity contribution in [3.05, 3.63) is 59.8 Å². The second-order valence-corrected chi connectivity index (χ2v) is 7.24. The van der Waals surface area contributed by atoms with Gasteiger partial charge in [0.15, 0.2) is 17.2 Å². The molecule has 9 nitrogen and oxygen atoms in total. The molecule has 1 atom stereocenters. The fourth-order valence-corrected chi connectivity index (χ4v) is 3.81. The summed E-state index contributed by atoms with van der Waals surface area (Å²) in [6, 6.07) is 15.3. The number of fused-ring (bicyclic) bond motifs is 2. The highest BCUT2D eigenvalue weighted by Crippen LogP contribution is 2.37. The third-order valence-electron chi connectivity index (χ3n) is 5.40. The molecule has 0 spiro atoms. The molecule has 0 amide bonds. The number of ether oxygens (including phenoxy) is 4. The third kappa shape index (κ3) is 3.10. The predicted octanol–water partition coefficient (Wildman–Crippen LogP) is 3.61. The molecule has 2 aromatic carbocycles. The van der Waals surface area contributed by atoms with Crippen LogP contribution in [0.15, 0.2) is 53.1 Å². The first-order chi connectivity index (χ1) is 15.3. The summed E-state index contributed by atoms with van der Waals surface area (Å²) < 4.78 is 29.7. The Balaban J connectivity index is 1.26. The zero-order valence-corrected chi connectivity index (χ0v) is 16.6. The van der Waals surface area contributed by atoms with E-state index < -0.39 is 0 Å². The van der Waals surface area contributed by atoms with Crippen LogP contribution in [0.3, 0.4) is 0 Å². The number of rotatable bonds is 4. The van der Waals surface area contributed by atoms with Crippen LogP contribution in [0, 0.1) is 0 Å². The molecule has 2 aliphatic heterocycles. The first kappa shape index (κ1) is 18.0. The Labute approximate surface area is 177 Å². The van der Waals surface area contributed by atoms with Crippen molar-refractivity contribution < 1.29 is 23.5 Å². The summed E-state index contributed by atoms with van der Waals surface area (Å²) in [5.41, 5.74) is 3.33. The molecular formula is C22H18N4O5. The normalized spacial score (nSPS) is 16.9. The smallest absolute Gasteiger partial charge is 0.278 e. The van der Waals surface area contributed by atoms with Crippen LogP contribution < -0.4 is 14.2 Å². The van der Waals surface area contributed by atoms with E-state index in [2.05, 4.69) is 15.2 Å². The van der Waals surface area contributed by atoms with Crippen molar-refractivity contribution in [2.45, 2.75) is 19.3 Å². The van der Waals surface area contributed by atoms with Gasteiger partial charge in [-0.1, -0.05) is 23.4 Å². The minimum Gasteiger partial charge on any atom is -0.496 e. The zero-order valence-electron chi connectivity index (χ0n) is 16.6. The Bertz CT molecular complexity index is 1260. The van der Waals surface area contributed by atoms with Crippen molar-refractivity contribution >= 4 is 0 Å². The maximum Gasteiger partial charge on any atom is 0.278 e. The van der Waals surface area contributed by atoms with E-state index in [9.17, 15) is 0 Å². The van der Waals surface area contributed by atoms with E-state index in [0.717, 1.165) is 28.3 Å². The van der Waals surface area contributed by atoms with Crippen LogP contribution >= 0.6 is 0 Å². The quantitative estimate of drug-likeness (QED) is 0.496. The first-order valence-corrected chi connectivity index (χ1v) is 9.84. The van der Waals surface area contributed by atoms with Crippen molar-refractivity contribution in [2.75, 3.05) is 13.9 Å². The van der Waals surface area contributed by atoms with Gasteiger partial charge in [-0.2, -0.15) is 10.1 Å². The topological polar surface area (TPSA) is 93.7 Å². The van der Waals surface area contributed by atoms with E-state index >= 15 is 0 Å². The number of benzene rings is 2. The molecule has 4 heterocycles. The summed E-state index contributed by atoms with van der Waals surface area (Å²) in [6.45, 7) is 1.25. The van der Waals surface area contributed by atoms with Crippen molar-refractivity contribution in [1.29, 1.82) is 0 Å². The van der Waals surface area contributed by atoms with E-state index in [4.69, 9.17) is 23.5 Å². The van der Waals surface area contributed by atoms with Gasteiger partial charge >= 0.3 is 0 Å². The molecule has 9 heteroatoms. The molecule has 0 radical (unpaired) electrons. The molecule has 2 aromatic heterocycles. The number of aromatic nitrogens is 4. The molecule has 156 valence electrons. The van der Waals surface area contributed by atoms with Gasteiger partial charge in [-0.05, 0) is 35.9 Å². The lowest BCUT2D eigenvalue weighted by Crippen LogP contribution is -2.21. The molecule has 0 bridgehead atoms. The molecular weight excluding hydrogens is 400 g/mol. The van der Waals surface area contributed by atoms with E-state index in [1.54, 1.807) is 7.11 Å². The van der Waals surface area contributed by atoms with E-state index in [0.29, 0.717) is 36.3 Å². The number of hydrogen-bond donors (Lipinski definition) is 0. The van der Waals surface area contributed by atoms with Crippen LogP contribution in [0.1, 0.15) is 17.4 Å². The van der Waals surface area contributed by atoms with Gasteiger partial charge in [-0.15, -0.1) is 0 Å². The maximum absolute atomic E-state index is 6.06. The van der Waals surface area contributed by atoms with Crippen LogP contribution in [-0.2, 0) is 17.9 Å². The minimum absolute atomic E-state index is 0.137. The van der Waals surface area contributed by atoms with Crippen LogP contribution in [0.25, 0.3) is 23.0 Å². The van der Waals surface area contributed by atoms with E-state index in [1.165, 1.54) is 0 Å². The van der Waals surface area contributed by atoms with Crippen LogP contribution in [0.2, 0.25) is 0 Å². The van der Waals surface area contributed by atoms with Gasteiger partial charge < -0.3 is 23.5 Å². The van der Waals surface area contributed by atoms with E-state index in [1.807, 2.05) is 53.2 Å². The van der Waals surface area contributed by atoms with Gasteiger partial charge in [0.2, 0.25) is 12.6 Å². The molecule has 0 saturated carbocycles. The SMILES string of the molecule is COc1ccccc1-c1noc(-c2cc3n(n2)CC(c2ccc4c(c2)OCO4)OC3)n1. The molecule has 0 N–H and O–H groups in total. The number of methoxy groups -OCH3 is 1. The van der Waals surface area contributed by atoms with Gasteiger partial charge in [0.05, 0.1) is 31.5 Å². The van der Waals surface area contributed by atoms with Gasteiger partial charge in [0.1, 0.15) is 11.9 Å². The monoisotopic (exact) mass is 418 g/mol. The minimum atomic E-state index is -0.137. The maximum atomic E-state index is 6.06. The Hall–Kier alpha value is -3.85. The lowest BCUT2D eigenvalue weighted by atomic mass is 10.1. The molecule has 2 aliphatic rings.